The molecule has 0 bridgehead atoms. The molecule has 2 heteroatoms. The van der Waals surface area contributed by atoms with Gasteiger partial charge < -0.3 is 4.74 Å². The molecule has 0 aromatic heterocycles. The van der Waals surface area contributed by atoms with E-state index in [0.717, 1.165) is 12.0 Å². The van der Waals surface area contributed by atoms with Crippen LogP contribution in [0.3, 0.4) is 0 Å². The van der Waals surface area contributed by atoms with Gasteiger partial charge in [-0.15, -0.1) is 0 Å². The maximum Gasteiger partial charge on any atom is 0.196 e. The molecule has 0 radical (unpaired) electrons. The van der Waals surface area contributed by atoms with Crippen LogP contribution in [-0.4, -0.2) is 12.9 Å². The molecular weight excluding hydrogens is 260 g/mol. The van der Waals surface area contributed by atoms with E-state index in [-0.39, 0.29) is 5.78 Å². The SMILES string of the molecule is COC(C(=O)c1cccc(CC(C)C)c1)c1ccccc1. The Morgan fingerprint density at radius 3 is 2.38 bits per heavy atom. The zero-order chi connectivity index (χ0) is 15.2. The van der Waals surface area contributed by atoms with E-state index in [0.29, 0.717) is 11.5 Å². The summed E-state index contributed by atoms with van der Waals surface area (Å²) in [7, 11) is 1.58. The number of carbonyl (C=O) groups excluding carboxylic acids is 1. The molecule has 0 aliphatic heterocycles. The molecule has 2 aromatic carbocycles. The van der Waals surface area contributed by atoms with Crippen molar-refractivity contribution in [3.05, 3.63) is 71.3 Å². The van der Waals surface area contributed by atoms with Crippen LogP contribution in [0.5, 0.6) is 0 Å². The Hall–Kier alpha value is -1.93. The summed E-state index contributed by atoms with van der Waals surface area (Å²) in [4.78, 5) is 12.7. The molecule has 2 nitrogen and oxygen atoms in total. The standard InChI is InChI=1S/C19H22O2/c1-14(2)12-15-8-7-11-17(13-15)18(20)19(21-3)16-9-5-4-6-10-16/h4-11,13-14,19H,12H2,1-3H3. The van der Waals surface area contributed by atoms with Gasteiger partial charge in [0.25, 0.3) is 0 Å². The van der Waals surface area contributed by atoms with Crippen molar-refractivity contribution >= 4 is 5.78 Å². The minimum atomic E-state index is -0.541. The molecule has 1 atom stereocenters. The fraction of sp³-hybridized carbons (Fsp3) is 0.316. The highest BCUT2D eigenvalue weighted by Crippen LogP contribution is 2.22. The predicted molar refractivity (Wildman–Crippen MR) is 85.5 cm³/mol. The van der Waals surface area contributed by atoms with Crippen LogP contribution in [0, 0.1) is 5.92 Å². The summed E-state index contributed by atoms with van der Waals surface area (Å²) in [6.45, 7) is 4.35. The van der Waals surface area contributed by atoms with Crippen molar-refractivity contribution in [3.8, 4) is 0 Å². The lowest BCUT2D eigenvalue weighted by Crippen LogP contribution is -2.15. The predicted octanol–water partition coefficient (Wildman–Crippen LogP) is 4.46. The monoisotopic (exact) mass is 282 g/mol. The van der Waals surface area contributed by atoms with Gasteiger partial charge in [-0.3, -0.25) is 4.79 Å². The van der Waals surface area contributed by atoms with Crippen molar-refractivity contribution in [3.63, 3.8) is 0 Å². The fourth-order valence-corrected chi connectivity index (χ4v) is 2.50. The van der Waals surface area contributed by atoms with E-state index in [9.17, 15) is 4.79 Å². The summed E-state index contributed by atoms with van der Waals surface area (Å²) < 4.78 is 5.42. The van der Waals surface area contributed by atoms with Crippen molar-refractivity contribution in [1.29, 1.82) is 0 Å². The van der Waals surface area contributed by atoms with Gasteiger partial charge in [0.15, 0.2) is 5.78 Å². The van der Waals surface area contributed by atoms with Gasteiger partial charge in [0.2, 0.25) is 0 Å². The Labute approximate surface area is 126 Å². The molecule has 0 aliphatic rings. The highest BCUT2D eigenvalue weighted by Gasteiger charge is 2.21. The van der Waals surface area contributed by atoms with E-state index in [2.05, 4.69) is 19.9 Å². The molecule has 0 aliphatic carbocycles. The van der Waals surface area contributed by atoms with Crippen molar-refractivity contribution in [2.24, 2.45) is 5.92 Å². The fourth-order valence-electron chi connectivity index (χ4n) is 2.50. The van der Waals surface area contributed by atoms with E-state index in [1.165, 1.54) is 5.56 Å². The minimum Gasteiger partial charge on any atom is -0.369 e. The average molecular weight is 282 g/mol. The Bertz CT molecular complexity index is 588. The van der Waals surface area contributed by atoms with Crippen LogP contribution in [0.15, 0.2) is 54.6 Å². The summed E-state index contributed by atoms with van der Waals surface area (Å²) in [5, 5.41) is 0. The molecule has 0 saturated heterocycles. The molecule has 0 saturated carbocycles. The van der Waals surface area contributed by atoms with E-state index >= 15 is 0 Å². The molecule has 0 spiro atoms. The number of hydrogen-bond donors (Lipinski definition) is 0. The molecular formula is C19H22O2. The van der Waals surface area contributed by atoms with Gasteiger partial charge in [0.05, 0.1) is 0 Å². The lowest BCUT2D eigenvalue weighted by atomic mass is 9.96. The second kappa shape index (κ2) is 7.19. The first-order valence-electron chi connectivity index (χ1n) is 7.32. The normalized spacial score (nSPS) is 12.4. The Kier molecular flexibility index (Phi) is 5.29. The number of benzene rings is 2. The number of Topliss-reactive ketones (excluding diaryl/α,β-unsaturated/α-hetero) is 1. The molecule has 0 N–H and O–H groups in total. The number of methoxy groups -OCH3 is 1. The number of carbonyl (C=O) groups is 1. The quantitative estimate of drug-likeness (QED) is 0.731. The third-order valence-electron chi connectivity index (χ3n) is 3.43. The van der Waals surface area contributed by atoms with Crippen LogP contribution in [0.4, 0.5) is 0 Å². The van der Waals surface area contributed by atoms with Crippen molar-refractivity contribution in [1.82, 2.24) is 0 Å². The highest BCUT2D eigenvalue weighted by atomic mass is 16.5. The summed E-state index contributed by atoms with van der Waals surface area (Å²) >= 11 is 0. The summed E-state index contributed by atoms with van der Waals surface area (Å²) in [6.07, 6.45) is 0.435. The molecule has 0 fully saturated rings. The molecule has 0 amide bonds. The third-order valence-corrected chi connectivity index (χ3v) is 3.43. The van der Waals surface area contributed by atoms with E-state index in [4.69, 9.17) is 4.74 Å². The first-order valence-corrected chi connectivity index (χ1v) is 7.32. The largest absolute Gasteiger partial charge is 0.369 e. The highest BCUT2D eigenvalue weighted by molar-refractivity contribution is 6.00. The van der Waals surface area contributed by atoms with Crippen LogP contribution in [0.25, 0.3) is 0 Å². The van der Waals surface area contributed by atoms with Crippen LogP contribution in [-0.2, 0) is 11.2 Å². The van der Waals surface area contributed by atoms with Crippen LogP contribution < -0.4 is 0 Å². The van der Waals surface area contributed by atoms with Gasteiger partial charge in [-0.2, -0.15) is 0 Å². The zero-order valence-corrected chi connectivity index (χ0v) is 12.9. The molecule has 21 heavy (non-hydrogen) atoms. The maximum absolute atomic E-state index is 12.7. The lowest BCUT2D eigenvalue weighted by molar-refractivity contribution is 0.0604. The van der Waals surface area contributed by atoms with Crippen molar-refractivity contribution < 1.29 is 9.53 Å². The van der Waals surface area contributed by atoms with E-state index in [1.807, 2.05) is 48.5 Å². The van der Waals surface area contributed by atoms with Gasteiger partial charge in [0.1, 0.15) is 6.10 Å². The number of ketones is 1. The van der Waals surface area contributed by atoms with E-state index in [1.54, 1.807) is 7.11 Å². The van der Waals surface area contributed by atoms with Gasteiger partial charge >= 0.3 is 0 Å². The molecule has 0 heterocycles. The second-order valence-electron chi connectivity index (χ2n) is 5.69. The van der Waals surface area contributed by atoms with Crippen molar-refractivity contribution in [2.75, 3.05) is 7.11 Å². The average Bonchev–Trinajstić information content (AvgIpc) is 2.48. The van der Waals surface area contributed by atoms with E-state index < -0.39 is 6.10 Å². The Balaban J connectivity index is 2.26. The molecule has 110 valence electrons. The second-order valence-corrected chi connectivity index (χ2v) is 5.69. The zero-order valence-electron chi connectivity index (χ0n) is 12.9. The topological polar surface area (TPSA) is 26.3 Å². The first kappa shape index (κ1) is 15.5. The molecule has 2 rings (SSSR count). The van der Waals surface area contributed by atoms with Gasteiger partial charge in [-0.25, -0.2) is 0 Å². The van der Waals surface area contributed by atoms with Gasteiger partial charge in [-0.05, 0) is 29.5 Å². The van der Waals surface area contributed by atoms with Crippen LogP contribution in [0.1, 0.15) is 41.4 Å². The van der Waals surface area contributed by atoms with Gasteiger partial charge in [0, 0.05) is 12.7 Å². The van der Waals surface area contributed by atoms with Gasteiger partial charge in [-0.1, -0.05) is 62.4 Å². The Morgan fingerprint density at radius 2 is 1.76 bits per heavy atom. The third kappa shape index (κ3) is 4.02. The van der Waals surface area contributed by atoms with Crippen molar-refractivity contribution in [2.45, 2.75) is 26.4 Å². The van der Waals surface area contributed by atoms with Crippen LogP contribution >= 0.6 is 0 Å². The van der Waals surface area contributed by atoms with Crippen LogP contribution in [0.2, 0.25) is 0 Å². The maximum atomic E-state index is 12.7. The number of rotatable bonds is 6. The first-order chi connectivity index (χ1) is 10.1. The lowest BCUT2D eigenvalue weighted by Gasteiger charge is -2.15. The number of hydrogen-bond acceptors (Lipinski definition) is 2. The summed E-state index contributed by atoms with van der Waals surface area (Å²) in [6, 6.07) is 17.5. The Morgan fingerprint density at radius 1 is 1.05 bits per heavy atom. The minimum absolute atomic E-state index is 0.00862. The number of ether oxygens (including phenoxy) is 1. The molecule has 2 aromatic rings. The smallest absolute Gasteiger partial charge is 0.196 e. The molecule has 1 unspecified atom stereocenters. The summed E-state index contributed by atoms with van der Waals surface area (Å²) in [5.74, 6) is 0.581. The summed E-state index contributed by atoms with van der Waals surface area (Å²) in [5.41, 5.74) is 2.79.